The summed E-state index contributed by atoms with van der Waals surface area (Å²) in [5, 5.41) is 1.96. The van der Waals surface area contributed by atoms with E-state index in [1.165, 1.54) is 0 Å². The van der Waals surface area contributed by atoms with Crippen LogP contribution in [-0.2, 0) is 4.74 Å². The zero-order valence-corrected chi connectivity index (χ0v) is 8.76. The van der Waals surface area contributed by atoms with Crippen molar-refractivity contribution >= 4 is 6.26 Å². The molecule has 1 aliphatic carbocycles. The summed E-state index contributed by atoms with van der Waals surface area (Å²) in [7, 11) is 0. The highest BCUT2D eigenvalue weighted by atomic mass is 16.5. The van der Waals surface area contributed by atoms with Crippen LogP contribution in [0.2, 0.25) is 0 Å². The van der Waals surface area contributed by atoms with Crippen LogP contribution in [0.3, 0.4) is 0 Å². The average Bonchev–Trinajstić information content (AvgIpc) is 2.32. The quantitative estimate of drug-likeness (QED) is 0.638. The summed E-state index contributed by atoms with van der Waals surface area (Å²) in [5.74, 6) is 0.890. The van der Waals surface area contributed by atoms with E-state index in [1.54, 1.807) is 6.26 Å². The first-order valence-electron chi connectivity index (χ1n) is 5.29. The normalized spacial score (nSPS) is 24.8. The number of hydrogen-bond acceptors (Lipinski definition) is 2. The summed E-state index contributed by atoms with van der Waals surface area (Å²) in [5.41, 5.74) is 1.12. The van der Waals surface area contributed by atoms with Gasteiger partial charge in [0.1, 0.15) is 12.0 Å². The minimum absolute atomic E-state index is 0.880. The van der Waals surface area contributed by atoms with Gasteiger partial charge in [-0.2, -0.15) is 0 Å². The van der Waals surface area contributed by atoms with E-state index in [2.05, 4.69) is 11.1 Å². The molecule has 2 heteroatoms. The number of benzene rings is 1. The van der Waals surface area contributed by atoms with E-state index < -0.39 is 0 Å². The van der Waals surface area contributed by atoms with Crippen LogP contribution in [0.4, 0.5) is 0 Å². The Labute approximate surface area is 93.6 Å². The first-order chi connectivity index (χ1) is 7.93. The molecule has 1 heterocycles. The minimum atomic E-state index is 0.880. The van der Waals surface area contributed by atoms with E-state index in [0.717, 1.165) is 28.3 Å². The molecule has 1 aromatic carbocycles. The SMILES string of the molecule is C1=CC/C2=C/N=c3\cccc\c3=C\OC2=C1. The smallest absolute Gasteiger partial charge is 0.131 e. The maximum absolute atomic E-state index is 5.67. The second-order valence-electron chi connectivity index (χ2n) is 3.74. The third kappa shape index (κ3) is 1.58. The summed E-state index contributed by atoms with van der Waals surface area (Å²) in [6, 6.07) is 7.94. The van der Waals surface area contributed by atoms with Gasteiger partial charge in [0.05, 0.1) is 5.36 Å². The lowest BCUT2D eigenvalue weighted by Crippen LogP contribution is -2.25. The van der Waals surface area contributed by atoms with Crippen LogP contribution in [0.25, 0.3) is 6.26 Å². The highest BCUT2D eigenvalue weighted by Crippen LogP contribution is 2.21. The van der Waals surface area contributed by atoms with Crippen molar-refractivity contribution in [3.05, 3.63) is 70.6 Å². The lowest BCUT2D eigenvalue weighted by molar-refractivity contribution is 0.409. The van der Waals surface area contributed by atoms with Crippen molar-refractivity contribution in [3.8, 4) is 0 Å². The number of fused-ring (bicyclic) bond motifs is 2. The van der Waals surface area contributed by atoms with Gasteiger partial charge >= 0.3 is 0 Å². The fourth-order valence-electron chi connectivity index (χ4n) is 1.77. The number of hydrogen-bond donors (Lipinski definition) is 0. The number of rotatable bonds is 0. The molecular formula is C14H11NO. The van der Waals surface area contributed by atoms with Gasteiger partial charge in [0, 0.05) is 17.0 Å². The van der Waals surface area contributed by atoms with E-state index in [4.69, 9.17) is 4.74 Å². The Morgan fingerprint density at radius 1 is 1.19 bits per heavy atom. The molecule has 0 amide bonds. The molecule has 0 bridgehead atoms. The predicted molar refractivity (Wildman–Crippen MR) is 62.7 cm³/mol. The third-order valence-electron chi connectivity index (χ3n) is 2.65. The molecule has 0 radical (unpaired) electrons. The summed E-state index contributed by atoms with van der Waals surface area (Å²) in [4.78, 5) is 4.48. The molecule has 1 aromatic rings. The molecule has 0 unspecified atom stereocenters. The van der Waals surface area contributed by atoms with E-state index in [9.17, 15) is 0 Å². The molecule has 0 spiro atoms. The van der Waals surface area contributed by atoms with E-state index in [0.29, 0.717) is 0 Å². The van der Waals surface area contributed by atoms with Crippen molar-refractivity contribution in [2.24, 2.45) is 4.99 Å². The molecule has 0 aromatic heterocycles. The molecule has 2 aliphatic rings. The van der Waals surface area contributed by atoms with Crippen LogP contribution in [0.5, 0.6) is 0 Å². The van der Waals surface area contributed by atoms with Gasteiger partial charge in [-0.15, -0.1) is 0 Å². The topological polar surface area (TPSA) is 21.6 Å². The largest absolute Gasteiger partial charge is 0.464 e. The standard InChI is InChI=1S/C14H11NO/c1-3-7-13-12(6-1)10-16-14-8-4-2-5-11(14)9-15-13/h1-4,6-10H,5H2/b11-9-,12-10-,15-13+. The molecule has 0 fully saturated rings. The number of para-hydroxylation sites is 1. The fourth-order valence-corrected chi connectivity index (χ4v) is 1.77. The van der Waals surface area contributed by atoms with Crippen molar-refractivity contribution in [2.45, 2.75) is 6.42 Å². The second-order valence-corrected chi connectivity index (χ2v) is 3.74. The maximum Gasteiger partial charge on any atom is 0.131 e. The predicted octanol–water partition coefficient (Wildman–Crippen LogP) is 1.80. The van der Waals surface area contributed by atoms with Crippen LogP contribution in [0.1, 0.15) is 6.42 Å². The van der Waals surface area contributed by atoms with Crippen molar-refractivity contribution in [1.29, 1.82) is 0 Å². The maximum atomic E-state index is 5.67. The van der Waals surface area contributed by atoms with Crippen LogP contribution in [-0.4, -0.2) is 0 Å². The Balaban J connectivity index is 2.21. The lowest BCUT2D eigenvalue weighted by atomic mass is 10.1. The molecule has 3 rings (SSSR count). The number of nitrogens with zero attached hydrogens (tertiary/aromatic N) is 1. The van der Waals surface area contributed by atoms with Gasteiger partial charge < -0.3 is 4.74 Å². The zero-order valence-electron chi connectivity index (χ0n) is 8.76. The molecule has 2 nitrogen and oxygen atoms in total. The van der Waals surface area contributed by atoms with Crippen LogP contribution < -0.4 is 10.6 Å². The Morgan fingerprint density at radius 2 is 2.12 bits per heavy atom. The van der Waals surface area contributed by atoms with Gasteiger partial charge in [-0.3, -0.25) is 4.99 Å². The van der Waals surface area contributed by atoms with Gasteiger partial charge in [-0.05, 0) is 24.6 Å². The lowest BCUT2D eigenvalue weighted by Gasteiger charge is -2.12. The summed E-state index contributed by atoms with van der Waals surface area (Å²) >= 11 is 0. The van der Waals surface area contributed by atoms with Gasteiger partial charge in [0.2, 0.25) is 0 Å². The van der Waals surface area contributed by atoms with Crippen molar-refractivity contribution < 1.29 is 4.74 Å². The number of allylic oxidation sites excluding steroid dienone is 4. The monoisotopic (exact) mass is 209 g/mol. The Morgan fingerprint density at radius 3 is 3.12 bits per heavy atom. The molecule has 0 saturated carbocycles. The molecule has 16 heavy (non-hydrogen) atoms. The van der Waals surface area contributed by atoms with E-state index in [-0.39, 0.29) is 0 Å². The van der Waals surface area contributed by atoms with E-state index >= 15 is 0 Å². The summed E-state index contributed by atoms with van der Waals surface area (Å²) < 4.78 is 5.67. The number of ether oxygens (including phenoxy) is 1. The summed E-state index contributed by atoms with van der Waals surface area (Å²) in [6.45, 7) is 0. The average molecular weight is 209 g/mol. The Hall–Kier alpha value is -2.09. The zero-order chi connectivity index (χ0) is 10.8. The molecule has 0 N–H and O–H groups in total. The van der Waals surface area contributed by atoms with Crippen molar-refractivity contribution in [2.75, 3.05) is 0 Å². The summed E-state index contributed by atoms with van der Waals surface area (Å²) in [6.07, 6.45) is 10.6. The first-order valence-corrected chi connectivity index (χ1v) is 5.29. The van der Waals surface area contributed by atoms with Gasteiger partial charge in [-0.25, -0.2) is 0 Å². The molecular weight excluding hydrogens is 198 g/mol. The fraction of sp³-hybridized carbons (Fsp3) is 0.0714. The first kappa shape index (κ1) is 9.16. The Kier molecular flexibility index (Phi) is 2.18. The van der Waals surface area contributed by atoms with Crippen LogP contribution in [0, 0.1) is 0 Å². The van der Waals surface area contributed by atoms with Gasteiger partial charge in [-0.1, -0.05) is 24.3 Å². The molecule has 78 valence electrons. The van der Waals surface area contributed by atoms with Gasteiger partial charge in [0.15, 0.2) is 0 Å². The van der Waals surface area contributed by atoms with Crippen LogP contribution >= 0.6 is 0 Å². The Bertz CT molecular complexity index is 620. The van der Waals surface area contributed by atoms with E-state index in [1.807, 2.05) is 42.6 Å². The van der Waals surface area contributed by atoms with Gasteiger partial charge in [0.25, 0.3) is 0 Å². The van der Waals surface area contributed by atoms with Crippen LogP contribution in [0.15, 0.2) is 65.0 Å². The second kappa shape index (κ2) is 3.81. The highest BCUT2D eigenvalue weighted by molar-refractivity contribution is 5.38. The third-order valence-corrected chi connectivity index (χ3v) is 2.65. The minimum Gasteiger partial charge on any atom is -0.464 e. The molecule has 0 saturated heterocycles. The molecule has 0 atom stereocenters. The van der Waals surface area contributed by atoms with Crippen molar-refractivity contribution in [3.63, 3.8) is 0 Å². The van der Waals surface area contributed by atoms with Crippen molar-refractivity contribution in [1.82, 2.24) is 0 Å². The highest BCUT2D eigenvalue weighted by Gasteiger charge is 2.08. The molecule has 1 aliphatic heterocycles.